The molecule has 1 fully saturated rings. The fraction of sp³-hybridized carbons (Fsp3) is 0.500. The molecule has 0 bridgehead atoms. The van der Waals surface area contributed by atoms with Gasteiger partial charge in [-0.25, -0.2) is 4.79 Å². The molecule has 1 heterocycles. The first-order valence-corrected chi connectivity index (χ1v) is 4.81. The summed E-state index contributed by atoms with van der Waals surface area (Å²) in [5, 5.41) is 7.54. The second-order valence-corrected chi connectivity index (χ2v) is 3.37. The lowest BCUT2D eigenvalue weighted by atomic mass is 10.2. The van der Waals surface area contributed by atoms with Gasteiger partial charge in [0, 0.05) is 0 Å². The van der Waals surface area contributed by atoms with E-state index in [0.29, 0.717) is 18.2 Å². The Kier molecular flexibility index (Phi) is 2.43. The fourth-order valence-electron chi connectivity index (χ4n) is 1.33. The number of esters is 1. The molecule has 4 heteroatoms. The molecule has 0 unspecified atom stereocenters. The van der Waals surface area contributed by atoms with E-state index in [1.165, 1.54) is 12.8 Å². The molecule has 0 atom stereocenters. The minimum atomic E-state index is -0.387. The summed E-state index contributed by atoms with van der Waals surface area (Å²) in [6.07, 6.45) is 4.10. The van der Waals surface area contributed by atoms with E-state index in [4.69, 9.17) is 4.74 Å². The van der Waals surface area contributed by atoms with Crippen LogP contribution in [0.4, 0.5) is 0 Å². The number of hydrogen-bond donors (Lipinski definition) is 0. The smallest absolute Gasteiger partial charge is 0.358 e. The Labute approximate surface area is 82.3 Å². The number of rotatable bonds is 3. The van der Waals surface area contributed by atoms with Crippen LogP contribution < -0.4 is 0 Å². The van der Waals surface area contributed by atoms with Gasteiger partial charge in [-0.1, -0.05) is 0 Å². The maximum Gasteiger partial charge on any atom is 0.358 e. The highest BCUT2D eigenvalue weighted by Gasteiger charge is 2.25. The molecule has 0 spiro atoms. The molecular weight excluding hydrogens is 180 g/mol. The van der Waals surface area contributed by atoms with E-state index in [2.05, 4.69) is 10.2 Å². The second-order valence-electron chi connectivity index (χ2n) is 3.37. The summed E-state index contributed by atoms with van der Waals surface area (Å²) in [5.74, 6) is 0.196. The lowest BCUT2D eigenvalue weighted by molar-refractivity contribution is 0.0518. The Bertz CT molecular complexity index is 348. The average molecular weight is 192 g/mol. The molecule has 0 aliphatic heterocycles. The van der Waals surface area contributed by atoms with E-state index in [-0.39, 0.29) is 5.97 Å². The van der Waals surface area contributed by atoms with Crippen molar-refractivity contribution in [3.63, 3.8) is 0 Å². The molecule has 4 nitrogen and oxygen atoms in total. The van der Waals surface area contributed by atoms with Crippen LogP contribution in [0.1, 0.15) is 41.7 Å². The molecule has 1 aromatic heterocycles. The van der Waals surface area contributed by atoms with Gasteiger partial charge in [0.1, 0.15) is 0 Å². The molecule has 14 heavy (non-hydrogen) atoms. The number of ether oxygens (including phenoxy) is 1. The summed E-state index contributed by atoms with van der Waals surface area (Å²) in [7, 11) is 0. The summed E-state index contributed by atoms with van der Waals surface area (Å²) >= 11 is 0. The summed E-state index contributed by atoms with van der Waals surface area (Å²) in [6, 6.07) is 1.78. The lowest BCUT2D eigenvalue weighted by Crippen LogP contribution is -2.08. The van der Waals surface area contributed by atoms with Crippen molar-refractivity contribution in [2.75, 3.05) is 6.61 Å². The quantitative estimate of drug-likeness (QED) is 0.681. The van der Waals surface area contributed by atoms with Crippen molar-refractivity contribution in [2.45, 2.75) is 25.7 Å². The highest BCUT2D eigenvalue weighted by molar-refractivity contribution is 5.87. The normalized spacial score (nSPS) is 15.2. The van der Waals surface area contributed by atoms with Gasteiger partial charge in [0.05, 0.1) is 12.8 Å². The number of aromatic nitrogens is 2. The van der Waals surface area contributed by atoms with Crippen LogP contribution in [0.2, 0.25) is 0 Å². The van der Waals surface area contributed by atoms with Gasteiger partial charge in [-0.15, -0.1) is 5.10 Å². The number of carbonyl (C=O) groups is 1. The van der Waals surface area contributed by atoms with Crippen molar-refractivity contribution in [1.29, 1.82) is 0 Å². The summed E-state index contributed by atoms with van der Waals surface area (Å²) in [6.45, 7) is 2.14. The summed E-state index contributed by atoms with van der Waals surface area (Å²) in [5.41, 5.74) is 1.42. The maximum absolute atomic E-state index is 11.3. The SMILES string of the molecule is CCOC(=O)c1cc(C2CC2)cnn1. The van der Waals surface area contributed by atoms with E-state index in [1.807, 2.05) is 0 Å². The molecule has 0 amide bonds. The zero-order valence-corrected chi connectivity index (χ0v) is 8.06. The summed E-state index contributed by atoms with van der Waals surface area (Å²) < 4.78 is 4.84. The van der Waals surface area contributed by atoms with E-state index in [0.717, 1.165) is 5.56 Å². The molecule has 1 saturated carbocycles. The maximum atomic E-state index is 11.3. The molecule has 0 saturated heterocycles. The van der Waals surface area contributed by atoms with E-state index in [9.17, 15) is 4.79 Å². The first-order valence-electron chi connectivity index (χ1n) is 4.81. The molecule has 0 N–H and O–H groups in total. The Balaban J connectivity index is 2.16. The van der Waals surface area contributed by atoms with Gasteiger partial charge in [0.15, 0.2) is 5.69 Å². The fourth-order valence-corrected chi connectivity index (χ4v) is 1.33. The molecule has 74 valence electrons. The van der Waals surface area contributed by atoms with Crippen molar-refractivity contribution < 1.29 is 9.53 Å². The third-order valence-electron chi connectivity index (χ3n) is 2.21. The van der Waals surface area contributed by atoms with Crippen molar-refractivity contribution in [3.8, 4) is 0 Å². The number of hydrogen-bond acceptors (Lipinski definition) is 4. The highest BCUT2D eigenvalue weighted by atomic mass is 16.5. The minimum Gasteiger partial charge on any atom is -0.461 e. The van der Waals surface area contributed by atoms with Gasteiger partial charge in [-0.2, -0.15) is 5.10 Å². The van der Waals surface area contributed by atoms with Crippen LogP contribution in [0.3, 0.4) is 0 Å². The van der Waals surface area contributed by atoms with Crippen molar-refractivity contribution >= 4 is 5.97 Å². The number of nitrogens with zero attached hydrogens (tertiary/aromatic N) is 2. The van der Waals surface area contributed by atoms with Crippen LogP contribution in [0, 0.1) is 0 Å². The van der Waals surface area contributed by atoms with Crippen molar-refractivity contribution in [2.24, 2.45) is 0 Å². The van der Waals surface area contributed by atoms with Gasteiger partial charge in [-0.3, -0.25) is 0 Å². The molecule has 1 aromatic rings. The predicted octanol–water partition coefficient (Wildman–Crippen LogP) is 1.53. The zero-order valence-electron chi connectivity index (χ0n) is 8.06. The van der Waals surface area contributed by atoms with Crippen LogP contribution >= 0.6 is 0 Å². The zero-order chi connectivity index (χ0) is 9.97. The van der Waals surface area contributed by atoms with Crippen molar-refractivity contribution in [1.82, 2.24) is 10.2 Å². The first-order chi connectivity index (χ1) is 6.81. The molecule has 0 aromatic carbocycles. The topological polar surface area (TPSA) is 52.1 Å². The molecule has 1 aliphatic rings. The van der Waals surface area contributed by atoms with Gasteiger partial charge < -0.3 is 4.74 Å². The Morgan fingerprint density at radius 1 is 1.64 bits per heavy atom. The van der Waals surface area contributed by atoms with Gasteiger partial charge in [-0.05, 0) is 37.3 Å². The van der Waals surface area contributed by atoms with Crippen LogP contribution in [0.5, 0.6) is 0 Å². The third kappa shape index (κ3) is 1.89. The van der Waals surface area contributed by atoms with Gasteiger partial charge in [0.25, 0.3) is 0 Å². The van der Waals surface area contributed by atoms with Crippen LogP contribution in [-0.2, 0) is 4.74 Å². The van der Waals surface area contributed by atoms with Crippen LogP contribution in [-0.4, -0.2) is 22.8 Å². The second kappa shape index (κ2) is 3.74. The lowest BCUT2D eigenvalue weighted by Gasteiger charge is -2.01. The minimum absolute atomic E-state index is 0.316. The Morgan fingerprint density at radius 2 is 2.43 bits per heavy atom. The first kappa shape index (κ1) is 9.12. The third-order valence-corrected chi connectivity index (χ3v) is 2.21. The monoisotopic (exact) mass is 192 g/mol. The van der Waals surface area contributed by atoms with Gasteiger partial charge in [0.2, 0.25) is 0 Å². The molecule has 0 radical (unpaired) electrons. The van der Waals surface area contributed by atoms with Gasteiger partial charge >= 0.3 is 5.97 Å². The molecular formula is C10H12N2O2. The van der Waals surface area contributed by atoms with Crippen LogP contribution in [0.15, 0.2) is 12.3 Å². The van der Waals surface area contributed by atoms with E-state index in [1.54, 1.807) is 19.2 Å². The highest BCUT2D eigenvalue weighted by Crippen LogP contribution is 2.39. The van der Waals surface area contributed by atoms with E-state index >= 15 is 0 Å². The summed E-state index contributed by atoms with van der Waals surface area (Å²) in [4.78, 5) is 11.3. The molecule has 2 rings (SSSR count). The Morgan fingerprint density at radius 3 is 3.07 bits per heavy atom. The van der Waals surface area contributed by atoms with E-state index < -0.39 is 0 Å². The molecule has 1 aliphatic carbocycles. The van der Waals surface area contributed by atoms with Crippen molar-refractivity contribution in [3.05, 3.63) is 23.5 Å². The number of carbonyl (C=O) groups excluding carboxylic acids is 1. The standard InChI is InChI=1S/C10H12N2O2/c1-2-14-10(13)9-5-8(6-11-12-9)7-3-4-7/h5-7H,2-4H2,1H3. The average Bonchev–Trinajstić information content (AvgIpc) is 3.02. The predicted molar refractivity (Wildman–Crippen MR) is 50.0 cm³/mol. The van der Waals surface area contributed by atoms with Crippen LogP contribution in [0.25, 0.3) is 0 Å². The Hall–Kier alpha value is -1.45. The largest absolute Gasteiger partial charge is 0.461 e.